The molecule has 0 radical (unpaired) electrons. The first-order valence-corrected chi connectivity index (χ1v) is 20.4. The van der Waals surface area contributed by atoms with Crippen molar-refractivity contribution in [2.75, 3.05) is 22.9 Å². The van der Waals surface area contributed by atoms with E-state index in [1.165, 1.54) is 23.1 Å². The molecule has 1 N–H and O–H groups in total. The standard InChI is InChI=1S/C41H39ClF5N3O6S/c1-22-35(44)37(46)39(38(47)36(22)45)57(54,55)50(21-27-7-9-29(43)19-32(27)42)23(2)40(51)49(33-12-8-26(41(52)53)18-34(33)56-31-10-11-31)20-24-15-28(25-5-6-25)17-30(16-24)48-13-3-4-14-48/h7-9,12,15-19,23,25,31H,3-6,10-11,13-14,20-21H2,1-2H3,(H,52,53)/t23-/m0/s1. The average Bonchev–Trinajstić information content (AvgIpc) is 4.13. The van der Waals surface area contributed by atoms with Crippen LogP contribution in [0.15, 0.2) is 59.5 Å². The molecule has 0 bridgehead atoms. The maximum absolute atomic E-state index is 15.5. The van der Waals surface area contributed by atoms with Crippen molar-refractivity contribution < 1.29 is 49.8 Å². The molecule has 57 heavy (non-hydrogen) atoms. The van der Waals surface area contributed by atoms with E-state index in [1.807, 2.05) is 12.1 Å². The number of halogens is 6. The van der Waals surface area contributed by atoms with Crippen molar-refractivity contribution in [1.29, 1.82) is 0 Å². The Labute approximate surface area is 331 Å². The largest absolute Gasteiger partial charge is 0.488 e. The van der Waals surface area contributed by atoms with Gasteiger partial charge in [-0.25, -0.2) is 35.2 Å². The molecule has 4 aromatic rings. The SMILES string of the molecule is Cc1c(F)c(F)c(S(=O)(=O)N(Cc2ccc(F)cc2Cl)[C@@H](C)C(=O)N(Cc2cc(C3CC3)cc(N3CCCC3)c2)c2ccc(C(=O)O)cc2OC2CC2)c(F)c1F. The first-order chi connectivity index (χ1) is 27.0. The van der Waals surface area contributed by atoms with Crippen molar-refractivity contribution >= 4 is 44.9 Å². The van der Waals surface area contributed by atoms with E-state index < -0.39 is 74.0 Å². The van der Waals surface area contributed by atoms with Crippen LogP contribution < -0.4 is 14.5 Å². The Kier molecular flexibility index (Phi) is 11.3. The molecule has 1 amide bonds. The van der Waals surface area contributed by atoms with Gasteiger partial charge in [-0.05, 0) is 117 Å². The van der Waals surface area contributed by atoms with Crippen LogP contribution in [0.3, 0.4) is 0 Å². The van der Waals surface area contributed by atoms with Gasteiger partial charge in [-0.2, -0.15) is 4.31 Å². The van der Waals surface area contributed by atoms with Crippen LogP contribution in [0.25, 0.3) is 0 Å². The van der Waals surface area contributed by atoms with Crippen molar-refractivity contribution in [1.82, 2.24) is 4.31 Å². The summed E-state index contributed by atoms with van der Waals surface area (Å²) < 4.78 is 110. The second-order valence-corrected chi connectivity index (χ2v) is 17.0. The average molecular weight is 832 g/mol. The van der Waals surface area contributed by atoms with Gasteiger partial charge in [0.15, 0.2) is 28.2 Å². The van der Waals surface area contributed by atoms with E-state index in [1.54, 1.807) is 0 Å². The van der Waals surface area contributed by atoms with Crippen molar-refractivity contribution in [2.45, 2.75) is 88.4 Å². The highest BCUT2D eigenvalue weighted by Crippen LogP contribution is 2.43. The summed E-state index contributed by atoms with van der Waals surface area (Å²) in [5.41, 5.74) is 1.37. The number of sulfonamides is 1. The fourth-order valence-corrected chi connectivity index (χ4v) is 8.97. The van der Waals surface area contributed by atoms with Gasteiger partial charge in [0.25, 0.3) is 0 Å². The number of amides is 1. The topological polar surface area (TPSA) is 107 Å². The predicted molar refractivity (Wildman–Crippen MR) is 203 cm³/mol. The third kappa shape index (κ3) is 8.33. The molecule has 302 valence electrons. The molecular weight excluding hydrogens is 793 g/mol. The highest BCUT2D eigenvalue weighted by atomic mass is 35.5. The van der Waals surface area contributed by atoms with Crippen LogP contribution in [0.2, 0.25) is 5.02 Å². The lowest BCUT2D eigenvalue weighted by Gasteiger charge is -2.34. The zero-order valence-corrected chi connectivity index (χ0v) is 32.6. The molecule has 0 unspecified atom stereocenters. The molecular formula is C41H39ClF5N3O6S. The van der Waals surface area contributed by atoms with E-state index in [4.69, 9.17) is 16.3 Å². The van der Waals surface area contributed by atoms with Crippen LogP contribution in [0.1, 0.15) is 84.0 Å². The summed E-state index contributed by atoms with van der Waals surface area (Å²) >= 11 is 6.29. The molecule has 1 atom stereocenters. The fourth-order valence-electron chi connectivity index (χ4n) is 7.06. The van der Waals surface area contributed by atoms with E-state index in [0.29, 0.717) is 28.6 Å². The number of carbonyl (C=O) groups excluding carboxylic acids is 1. The minimum atomic E-state index is -5.66. The van der Waals surface area contributed by atoms with Gasteiger partial charge in [0.2, 0.25) is 15.9 Å². The minimum Gasteiger partial charge on any atom is -0.488 e. The van der Waals surface area contributed by atoms with E-state index in [0.717, 1.165) is 82.1 Å². The number of carbonyl (C=O) groups is 2. The molecule has 0 spiro atoms. The number of carboxylic acids is 1. The van der Waals surface area contributed by atoms with Crippen molar-refractivity contribution in [3.8, 4) is 5.75 Å². The van der Waals surface area contributed by atoms with Crippen LogP contribution in [0.4, 0.5) is 33.3 Å². The Morgan fingerprint density at radius 3 is 2.16 bits per heavy atom. The maximum atomic E-state index is 15.5. The predicted octanol–water partition coefficient (Wildman–Crippen LogP) is 8.87. The van der Waals surface area contributed by atoms with Gasteiger partial charge in [0.05, 0.1) is 23.9 Å². The van der Waals surface area contributed by atoms with Crippen molar-refractivity contribution in [3.63, 3.8) is 0 Å². The number of hydrogen-bond acceptors (Lipinski definition) is 6. The summed E-state index contributed by atoms with van der Waals surface area (Å²) in [6.45, 7) is 2.43. The molecule has 1 aliphatic heterocycles. The fraction of sp³-hybridized carbons (Fsp3) is 0.366. The van der Waals surface area contributed by atoms with Crippen molar-refractivity contribution in [2.24, 2.45) is 0 Å². The number of hydrogen-bond donors (Lipinski definition) is 1. The highest BCUT2D eigenvalue weighted by Gasteiger charge is 2.42. The van der Waals surface area contributed by atoms with Gasteiger partial charge in [-0.3, -0.25) is 4.79 Å². The molecule has 4 aromatic carbocycles. The van der Waals surface area contributed by atoms with Crippen LogP contribution in [0, 0.1) is 36.0 Å². The van der Waals surface area contributed by atoms with Crippen LogP contribution in [-0.4, -0.2) is 54.9 Å². The van der Waals surface area contributed by atoms with E-state index in [2.05, 4.69) is 11.0 Å². The molecule has 7 rings (SSSR count). The summed E-state index contributed by atoms with van der Waals surface area (Å²) in [4.78, 5) is 28.6. The van der Waals surface area contributed by atoms with Gasteiger partial charge in [0, 0.05) is 35.9 Å². The molecule has 0 aromatic heterocycles. The Morgan fingerprint density at radius 1 is 0.895 bits per heavy atom. The van der Waals surface area contributed by atoms with Gasteiger partial charge in [-0.1, -0.05) is 23.7 Å². The lowest BCUT2D eigenvalue weighted by atomic mass is 10.0. The molecule has 3 aliphatic rings. The van der Waals surface area contributed by atoms with Gasteiger partial charge in [-0.15, -0.1) is 0 Å². The van der Waals surface area contributed by atoms with Crippen molar-refractivity contribution in [3.05, 3.63) is 117 Å². The third-order valence-electron chi connectivity index (χ3n) is 10.6. The number of anilines is 2. The number of benzene rings is 4. The van der Waals surface area contributed by atoms with Gasteiger partial charge >= 0.3 is 5.97 Å². The third-order valence-corrected chi connectivity index (χ3v) is 12.9. The van der Waals surface area contributed by atoms with Gasteiger partial charge in [0.1, 0.15) is 17.6 Å². The van der Waals surface area contributed by atoms with Crippen LogP contribution >= 0.6 is 11.6 Å². The lowest BCUT2D eigenvalue weighted by molar-refractivity contribution is -0.122. The number of rotatable bonds is 14. The molecule has 9 nitrogen and oxygen atoms in total. The Hall–Kier alpha value is -4.73. The number of nitrogens with zero attached hydrogens (tertiary/aromatic N) is 3. The minimum absolute atomic E-state index is 0.0202. The zero-order chi connectivity index (χ0) is 40.9. The summed E-state index contributed by atoms with van der Waals surface area (Å²) in [5.74, 6) is -11.0. The highest BCUT2D eigenvalue weighted by molar-refractivity contribution is 7.89. The normalized spacial score (nSPS) is 16.3. The summed E-state index contributed by atoms with van der Waals surface area (Å²) in [6, 6.07) is 10.9. The first-order valence-electron chi connectivity index (χ1n) is 18.6. The van der Waals surface area contributed by atoms with E-state index >= 15 is 13.6 Å². The molecule has 2 aliphatic carbocycles. The summed E-state index contributed by atoms with van der Waals surface area (Å²) in [5, 5.41) is 9.53. The molecule has 3 fully saturated rings. The number of carboxylic acid groups (broad SMARTS) is 1. The molecule has 2 saturated carbocycles. The van der Waals surface area contributed by atoms with Crippen LogP contribution in [-0.2, 0) is 27.9 Å². The quantitative estimate of drug-likeness (QED) is 0.1000. The zero-order valence-electron chi connectivity index (χ0n) is 31.0. The second-order valence-electron chi connectivity index (χ2n) is 14.8. The summed E-state index contributed by atoms with van der Waals surface area (Å²) in [7, 11) is -5.66. The molecule has 1 heterocycles. The first kappa shape index (κ1) is 40.5. The van der Waals surface area contributed by atoms with E-state index in [-0.39, 0.29) is 40.2 Å². The van der Waals surface area contributed by atoms with Crippen LogP contribution in [0.5, 0.6) is 5.75 Å². The molecule has 16 heteroatoms. The maximum Gasteiger partial charge on any atom is 0.335 e. The second kappa shape index (κ2) is 15.9. The molecule has 1 saturated heterocycles. The Morgan fingerprint density at radius 2 is 1.56 bits per heavy atom. The lowest BCUT2D eigenvalue weighted by Crippen LogP contribution is -2.49. The Balaban J connectivity index is 1.38. The summed E-state index contributed by atoms with van der Waals surface area (Å²) in [6.07, 6.45) is 5.00. The number of aromatic carboxylic acids is 1. The smallest absolute Gasteiger partial charge is 0.335 e. The van der Waals surface area contributed by atoms with E-state index in [9.17, 15) is 31.5 Å². The van der Waals surface area contributed by atoms with Gasteiger partial charge < -0.3 is 19.6 Å². The monoisotopic (exact) mass is 831 g/mol. The number of ether oxygens (including phenoxy) is 1. The Bertz CT molecular complexity index is 2340.